The minimum Gasteiger partial charge on any atom is -0.313 e. The fourth-order valence-electron chi connectivity index (χ4n) is 6.14. The van der Waals surface area contributed by atoms with Gasteiger partial charge in [-0.1, -0.05) is 97.1 Å². The maximum Gasteiger partial charge on any atom is 0.164 e. The fraction of sp³-hybridized carbons (Fsp3) is 0.0588. The predicted octanol–water partition coefficient (Wildman–Crippen LogP) is 6.89. The summed E-state index contributed by atoms with van der Waals surface area (Å²) in [7, 11) is 3.98. The van der Waals surface area contributed by atoms with E-state index in [1.54, 1.807) is 0 Å². The number of rotatable bonds is 0. The number of hydrogen-bond acceptors (Lipinski definition) is 6. The van der Waals surface area contributed by atoms with E-state index in [0.29, 0.717) is 23.3 Å². The van der Waals surface area contributed by atoms with Crippen LogP contribution < -0.4 is 0 Å². The molecule has 9 rings (SSSR count). The van der Waals surface area contributed by atoms with Crippen molar-refractivity contribution >= 4 is 44.1 Å². The van der Waals surface area contributed by atoms with E-state index in [1.165, 1.54) is 0 Å². The summed E-state index contributed by atoms with van der Waals surface area (Å²) in [6.07, 6.45) is 0. The fourth-order valence-corrected chi connectivity index (χ4v) is 6.14. The van der Waals surface area contributed by atoms with Gasteiger partial charge in [-0.3, -0.25) is 0 Å². The zero-order valence-corrected chi connectivity index (χ0v) is 24.1. The average molecular weight is 606 g/mol. The molecule has 9 heteroatoms. The van der Waals surface area contributed by atoms with Crippen LogP contribution in [-0.2, 0) is 31.2 Å². The SMILES string of the molecule is Cn1c2nc3nc(nc4c5ccccc5c(nc5nc(nc1c1ccccc12)-c1ccccc1-5)n4C)-c1ccccc1-3.[Cu]. The molecule has 0 atom stereocenters. The molecule has 209 valence electrons. The molecule has 4 aromatic carbocycles. The zero-order chi connectivity index (χ0) is 27.9. The van der Waals surface area contributed by atoms with E-state index in [1.807, 2.05) is 71.8 Å². The second kappa shape index (κ2) is 9.39. The summed E-state index contributed by atoms with van der Waals surface area (Å²) >= 11 is 0. The number of aromatic nitrogens is 8. The Morgan fingerprint density at radius 3 is 0.837 bits per heavy atom. The van der Waals surface area contributed by atoms with Crippen molar-refractivity contribution in [1.82, 2.24) is 39.0 Å². The van der Waals surface area contributed by atoms with Gasteiger partial charge in [0.25, 0.3) is 0 Å². The van der Waals surface area contributed by atoms with Crippen LogP contribution in [0.1, 0.15) is 0 Å². The topological polar surface area (TPSA) is 87.2 Å². The number of benzene rings is 4. The molecule has 1 radical (unpaired) electrons. The van der Waals surface area contributed by atoms with Crippen LogP contribution in [0.4, 0.5) is 0 Å². The van der Waals surface area contributed by atoms with Crippen molar-refractivity contribution in [2.45, 2.75) is 0 Å². The molecule has 0 spiro atoms. The Morgan fingerprint density at radius 1 is 0.349 bits per heavy atom. The Kier molecular flexibility index (Phi) is 5.56. The first kappa shape index (κ1) is 25.5. The largest absolute Gasteiger partial charge is 0.313 e. The van der Waals surface area contributed by atoms with Crippen LogP contribution in [0.5, 0.6) is 0 Å². The molecule has 8 bridgehead atoms. The molecule has 0 N–H and O–H groups in total. The first-order valence-electron chi connectivity index (χ1n) is 13.8. The standard InChI is InChI=1S/C34H22N8.Cu/c1-41-31-23-15-7-8-16-24(23)32(41)38-28-20-12-4-6-14-22(20)30(36-28)40-34-26-18-10-9-17-25(26)33(42(34)2)39-29-21-13-5-3-11-19(21)27(35-29)37-31;/h3-18H,1-2H3;. The van der Waals surface area contributed by atoms with Gasteiger partial charge in [0.15, 0.2) is 23.3 Å². The van der Waals surface area contributed by atoms with Crippen LogP contribution in [-0.4, -0.2) is 39.0 Å². The van der Waals surface area contributed by atoms with Gasteiger partial charge < -0.3 is 9.13 Å². The molecule has 0 fully saturated rings. The monoisotopic (exact) mass is 605 g/mol. The van der Waals surface area contributed by atoms with Crippen LogP contribution in [0.25, 0.3) is 89.7 Å². The van der Waals surface area contributed by atoms with Crippen molar-refractivity contribution in [2.75, 3.05) is 0 Å². The van der Waals surface area contributed by atoms with Crippen molar-refractivity contribution in [3.8, 4) is 45.6 Å². The Morgan fingerprint density at radius 2 is 0.581 bits per heavy atom. The molecular formula is C34H22CuN8. The van der Waals surface area contributed by atoms with Crippen molar-refractivity contribution in [3.63, 3.8) is 0 Å². The molecule has 2 aliphatic rings. The van der Waals surface area contributed by atoms with Gasteiger partial charge in [0.2, 0.25) is 0 Å². The molecule has 8 nitrogen and oxygen atoms in total. The van der Waals surface area contributed by atoms with E-state index in [0.717, 1.165) is 66.4 Å². The first-order chi connectivity index (χ1) is 20.7. The van der Waals surface area contributed by atoms with Crippen molar-refractivity contribution in [2.24, 2.45) is 14.1 Å². The predicted molar refractivity (Wildman–Crippen MR) is 165 cm³/mol. The van der Waals surface area contributed by atoms with E-state index in [9.17, 15) is 0 Å². The van der Waals surface area contributed by atoms with E-state index in [-0.39, 0.29) is 17.1 Å². The van der Waals surface area contributed by atoms with Gasteiger partial charge in [-0.25, -0.2) is 29.9 Å². The number of aryl methyl sites for hydroxylation is 2. The smallest absolute Gasteiger partial charge is 0.164 e. The third-order valence-corrected chi connectivity index (χ3v) is 8.18. The number of fused-ring (bicyclic) bond motifs is 20. The van der Waals surface area contributed by atoms with Crippen molar-refractivity contribution in [3.05, 3.63) is 97.1 Å². The maximum atomic E-state index is 5.16. The summed E-state index contributed by atoms with van der Waals surface area (Å²) < 4.78 is 4.04. The van der Waals surface area contributed by atoms with Crippen molar-refractivity contribution < 1.29 is 17.1 Å². The van der Waals surface area contributed by atoms with Crippen molar-refractivity contribution in [1.29, 1.82) is 0 Å². The molecule has 3 aromatic heterocycles. The maximum absolute atomic E-state index is 5.16. The zero-order valence-electron chi connectivity index (χ0n) is 23.1. The Balaban J connectivity index is 0.00000278. The number of nitrogens with zero attached hydrogens (tertiary/aromatic N) is 8. The van der Waals surface area contributed by atoms with Gasteiger partial charge in [0.05, 0.1) is 0 Å². The van der Waals surface area contributed by atoms with E-state index < -0.39 is 0 Å². The van der Waals surface area contributed by atoms with Gasteiger partial charge in [-0.05, 0) is 0 Å². The molecule has 7 aromatic rings. The third kappa shape index (κ3) is 3.62. The van der Waals surface area contributed by atoms with E-state index in [2.05, 4.69) is 48.5 Å². The Labute approximate surface area is 256 Å². The molecule has 5 heterocycles. The summed E-state index contributed by atoms with van der Waals surface area (Å²) in [6, 6.07) is 32.7. The van der Waals surface area contributed by atoms with Crippen LogP contribution >= 0.6 is 0 Å². The minimum atomic E-state index is 0. The summed E-state index contributed by atoms with van der Waals surface area (Å²) in [5, 5.41) is 3.97. The van der Waals surface area contributed by atoms with Gasteiger partial charge in [-0.15, -0.1) is 0 Å². The van der Waals surface area contributed by atoms with Crippen LogP contribution in [0.2, 0.25) is 0 Å². The quantitative estimate of drug-likeness (QED) is 0.175. The minimum absolute atomic E-state index is 0. The molecule has 0 amide bonds. The molecule has 0 saturated carbocycles. The molecule has 0 saturated heterocycles. The molecular weight excluding hydrogens is 584 g/mol. The molecule has 43 heavy (non-hydrogen) atoms. The van der Waals surface area contributed by atoms with E-state index in [4.69, 9.17) is 29.9 Å². The third-order valence-electron chi connectivity index (χ3n) is 8.18. The summed E-state index contributed by atoms with van der Waals surface area (Å²) in [6.45, 7) is 0. The van der Waals surface area contributed by atoms with Gasteiger partial charge >= 0.3 is 0 Å². The second-order valence-electron chi connectivity index (χ2n) is 10.6. The summed E-state index contributed by atoms with van der Waals surface area (Å²) in [4.78, 5) is 30.6. The van der Waals surface area contributed by atoms with Crippen LogP contribution in [0, 0.1) is 0 Å². The second-order valence-corrected chi connectivity index (χ2v) is 10.6. The van der Waals surface area contributed by atoms with Crippen LogP contribution in [0.3, 0.4) is 0 Å². The normalized spacial score (nSPS) is 11.8. The molecule has 0 unspecified atom stereocenters. The Hall–Kier alpha value is -5.24. The van der Waals surface area contributed by atoms with Gasteiger partial charge in [0.1, 0.15) is 22.6 Å². The first-order valence-corrected chi connectivity index (χ1v) is 13.8. The Bertz CT molecular complexity index is 2130. The summed E-state index contributed by atoms with van der Waals surface area (Å²) in [5.41, 5.74) is 6.89. The van der Waals surface area contributed by atoms with Crippen LogP contribution in [0.15, 0.2) is 97.1 Å². The average Bonchev–Trinajstić information content (AvgIpc) is 3.71. The number of hydrogen-bond donors (Lipinski definition) is 0. The molecule has 2 aliphatic heterocycles. The molecule has 0 aliphatic carbocycles. The van der Waals surface area contributed by atoms with E-state index >= 15 is 0 Å². The van der Waals surface area contributed by atoms with Gasteiger partial charge in [-0.2, -0.15) is 0 Å². The summed E-state index contributed by atoms with van der Waals surface area (Å²) in [5.74, 6) is 2.49. The van der Waals surface area contributed by atoms with Gasteiger partial charge in [0, 0.05) is 75.0 Å².